The van der Waals surface area contributed by atoms with Crippen molar-refractivity contribution < 1.29 is 8.42 Å². The van der Waals surface area contributed by atoms with Gasteiger partial charge in [-0.2, -0.15) is 0 Å². The number of halogens is 1. The van der Waals surface area contributed by atoms with Crippen LogP contribution in [0.3, 0.4) is 0 Å². The van der Waals surface area contributed by atoms with Crippen molar-refractivity contribution in [3.05, 3.63) is 0 Å². The maximum Gasteiger partial charge on any atom is 0.153 e. The Bertz CT molecular complexity index is 332. The summed E-state index contributed by atoms with van der Waals surface area (Å²) in [7, 11) is -2.76. The highest BCUT2D eigenvalue weighted by atomic mass is 79.9. The highest BCUT2D eigenvalue weighted by Crippen LogP contribution is 2.14. The van der Waals surface area contributed by atoms with Crippen LogP contribution in [0.1, 0.15) is 51.9 Å². The van der Waals surface area contributed by atoms with Gasteiger partial charge < -0.3 is 0 Å². The molecule has 0 aromatic carbocycles. The lowest BCUT2D eigenvalue weighted by Crippen LogP contribution is -2.47. The fourth-order valence-corrected chi connectivity index (χ4v) is 4.68. The van der Waals surface area contributed by atoms with E-state index in [1.54, 1.807) is 0 Å². The fraction of sp³-hybridized carbons (Fsp3) is 1.00. The van der Waals surface area contributed by atoms with Crippen molar-refractivity contribution in [1.29, 1.82) is 0 Å². The molecule has 0 N–H and O–H groups in total. The van der Waals surface area contributed by atoms with Crippen molar-refractivity contribution in [1.82, 2.24) is 4.90 Å². The van der Waals surface area contributed by atoms with Crippen LogP contribution in [0.2, 0.25) is 0 Å². The van der Waals surface area contributed by atoms with Gasteiger partial charge in [0.2, 0.25) is 0 Å². The average Bonchev–Trinajstić information content (AvgIpc) is 2.34. The SMILES string of the molecule is CC1CS(=O)(=O)CCN1CCCCCCCCCBr. The number of sulfone groups is 1. The zero-order valence-corrected chi connectivity index (χ0v) is 14.5. The van der Waals surface area contributed by atoms with Crippen molar-refractivity contribution in [2.24, 2.45) is 0 Å². The molecule has 0 bridgehead atoms. The Kier molecular flexibility index (Phi) is 8.58. The third-order valence-corrected chi connectivity index (χ3v) is 6.24. The van der Waals surface area contributed by atoms with Crippen LogP contribution >= 0.6 is 15.9 Å². The molecular formula is C14H28BrNO2S. The third kappa shape index (κ3) is 7.66. The van der Waals surface area contributed by atoms with E-state index in [4.69, 9.17) is 0 Å². The molecule has 5 heteroatoms. The van der Waals surface area contributed by atoms with Gasteiger partial charge in [0.1, 0.15) is 0 Å². The van der Waals surface area contributed by atoms with Crippen LogP contribution in [0, 0.1) is 0 Å². The Morgan fingerprint density at radius 2 is 1.63 bits per heavy atom. The normalized spacial score (nSPS) is 23.6. The molecule has 1 saturated heterocycles. The van der Waals surface area contributed by atoms with Gasteiger partial charge in [-0.25, -0.2) is 8.42 Å². The van der Waals surface area contributed by atoms with E-state index in [1.165, 1.54) is 44.9 Å². The standard InChI is InChI=1S/C14H28BrNO2S/c1-14-13-19(17,18)12-11-16(14)10-8-6-4-2-3-5-7-9-15/h14H,2-13H2,1H3. The first kappa shape index (κ1) is 17.4. The molecule has 114 valence electrons. The van der Waals surface area contributed by atoms with E-state index < -0.39 is 9.84 Å². The molecule has 1 atom stereocenters. The number of nitrogens with zero attached hydrogens (tertiary/aromatic N) is 1. The molecular weight excluding hydrogens is 326 g/mol. The zero-order valence-electron chi connectivity index (χ0n) is 12.1. The predicted octanol–water partition coefficient (Wildman–Crippen LogP) is 3.23. The van der Waals surface area contributed by atoms with Gasteiger partial charge >= 0.3 is 0 Å². The minimum absolute atomic E-state index is 0.206. The first-order valence-corrected chi connectivity index (χ1v) is 10.5. The summed E-state index contributed by atoms with van der Waals surface area (Å²) < 4.78 is 23.0. The first-order chi connectivity index (χ1) is 9.05. The van der Waals surface area contributed by atoms with Crippen molar-refractivity contribution in [2.45, 2.75) is 57.9 Å². The summed E-state index contributed by atoms with van der Waals surface area (Å²) in [6.07, 6.45) is 9.14. The fourth-order valence-electron chi connectivity index (χ4n) is 2.66. The zero-order chi connectivity index (χ0) is 14.1. The van der Waals surface area contributed by atoms with E-state index in [0.717, 1.165) is 18.4 Å². The summed E-state index contributed by atoms with van der Waals surface area (Å²) in [6.45, 7) is 3.84. The second-order valence-corrected chi connectivity index (χ2v) is 8.68. The van der Waals surface area contributed by atoms with Crippen LogP contribution in [-0.4, -0.2) is 49.3 Å². The van der Waals surface area contributed by atoms with Gasteiger partial charge in [-0.15, -0.1) is 0 Å². The largest absolute Gasteiger partial charge is 0.299 e. The van der Waals surface area contributed by atoms with Gasteiger partial charge in [0, 0.05) is 17.9 Å². The molecule has 0 spiro atoms. The van der Waals surface area contributed by atoms with Crippen LogP contribution in [0.5, 0.6) is 0 Å². The minimum Gasteiger partial charge on any atom is -0.299 e. The molecule has 3 nitrogen and oxygen atoms in total. The molecule has 0 aromatic heterocycles. The molecule has 0 aromatic rings. The average molecular weight is 354 g/mol. The first-order valence-electron chi connectivity index (χ1n) is 7.55. The molecule has 1 fully saturated rings. The summed E-state index contributed by atoms with van der Waals surface area (Å²) in [5.41, 5.74) is 0. The Labute approximate surface area is 127 Å². The molecule has 19 heavy (non-hydrogen) atoms. The molecule has 0 amide bonds. The van der Waals surface area contributed by atoms with Crippen LogP contribution < -0.4 is 0 Å². The quantitative estimate of drug-likeness (QED) is 0.471. The topological polar surface area (TPSA) is 37.4 Å². The van der Waals surface area contributed by atoms with Crippen molar-refractivity contribution >= 4 is 25.8 Å². The number of unbranched alkanes of at least 4 members (excludes halogenated alkanes) is 6. The van der Waals surface area contributed by atoms with Gasteiger partial charge in [-0.3, -0.25) is 4.90 Å². The molecule has 0 saturated carbocycles. The lowest BCUT2D eigenvalue weighted by molar-refractivity contribution is 0.221. The molecule has 1 unspecified atom stereocenters. The maximum absolute atomic E-state index is 11.5. The summed E-state index contributed by atoms with van der Waals surface area (Å²) in [5, 5.41) is 1.13. The number of alkyl halides is 1. The Morgan fingerprint density at radius 1 is 1.05 bits per heavy atom. The second-order valence-electron chi connectivity index (χ2n) is 5.66. The lowest BCUT2D eigenvalue weighted by atomic mass is 10.1. The Hall–Kier alpha value is 0.390. The smallest absolute Gasteiger partial charge is 0.153 e. The van der Waals surface area contributed by atoms with Gasteiger partial charge in [-0.1, -0.05) is 48.0 Å². The summed E-state index contributed by atoms with van der Waals surface area (Å²) in [6, 6.07) is 0.206. The van der Waals surface area contributed by atoms with Crippen molar-refractivity contribution in [3.63, 3.8) is 0 Å². The predicted molar refractivity (Wildman–Crippen MR) is 85.8 cm³/mol. The van der Waals surface area contributed by atoms with E-state index in [2.05, 4.69) is 20.8 Å². The van der Waals surface area contributed by atoms with Crippen molar-refractivity contribution in [3.8, 4) is 0 Å². The number of hydrogen-bond donors (Lipinski definition) is 0. The maximum atomic E-state index is 11.5. The highest BCUT2D eigenvalue weighted by molar-refractivity contribution is 9.09. The monoisotopic (exact) mass is 353 g/mol. The van der Waals surface area contributed by atoms with E-state index >= 15 is 0 Å². The van der Waals surface area contributed by atoms with Gasteiger partial charge in [0.05, 0.1) is 11.5 Å². The summed E-state index contributed by atoms with van der Waals surface area (Å²) in [5.74, 6) is 0.698. The van der Waals surface area contributed by atoms with E-state index in [9.17, 15) is 8.42 Å². The third-order valence-electron chi connectivity index (χ3n) is 3.89. The minimum atomic E-state index is -2.76. The summed E-state index contributed by atoms with van der Waals surface area (Å²) in [4.78, 5) is 2.34. The number of hydrogen-bond acceptors (Lipinski definition) is 3. The molecule has 0 aliphatic carbocycles. The molecule has 1 aliphatic rings. The summed E-state index contributed by atoms with van der Waals surface area (Å²) >= 11 is 3.45. The van der Waals surface area contributed by atoms with E-state index in [-0.39, 0.29) is 6.04 Å². The van der Waals surface area contributed by atoms with Crippen LogP contribution in [0.4, 0.5) is 0 Å². The highest BCUT2D eigenvalue weighted by Gasteiger charge is 2.27. The molecule has 1 aliphatic heterocycles. The molecule has 1 rings (SSSR count). The van der Waals surface area contributed by atoms with Gasteiger partial charge in [-0.05, 0) is 26.3 Å². The van der Waals surface area contributed by atoms with E-state index in [0.29, 0.717) is 11.5 Å². The lowest BCUT2D eigenvalue weighted by Gasteiger charge is -2.33. The van der Waals surface area contributed by atoms with Crippen molar-refractivity contribution in [2.75, 3.05) is 29.9 Å². The second kappa shape index (κ2) is 9.35. The van der Waals surface area contributed by atoms with Crippen LogP contribution in [0.15, 0.2) is 0 Å². The number of rotatable bonds is 9. The Balaban J connectivity index is 2.01. The Morgan fingerprint density at radius 3 is 2.21 bits per heavy atom. The van der Waals surface area contributed by atoms with E-state index in [1.807, 2.05) is 6.92 Å². The molecule has 1 heterocycles. The van der Waals surface area contributed by atoms with Gasteiger partial charge in [0.15, 0.2) is 9.84 Å². The van der Waals surface area contributed by atoms with Crippen LogP contribution in [0.25, 0.3) is 0 Å². The van der Waals surface area contributed by atoms with Gasteiger partial charge in [0.25, 0.3) is 0 Å². The molecule has 0 radical (unpaired) electrons. The van der Waals surface area contributed by atoms with Crippen LogP contribution in [-0.2, 0) is 9.84 Å².